The van der Waals surface area contributed by atoms with Crippen LogP contribution in [0.1, 0.15) is 37.0 Å². The second-order valence-corrected chi connectivity index (χ2v) is 6.82. The van der Waals surface area contributed by atoms with Crippen LogP contribution in [0.3, 0.4) is 0 Å². The number of carbonyl (C=O) groups is 1. The lowest BCUT2D eigenvalue weighted by molar-refractivity contribution is -0.121. The number of carbonyl (C=O) groups excluding carboxylic acids is 1. The smallest absolute Gasteiger partial charge is 0.231 e. The van der Waals surface area contributed by atoms with Crippen LogP contribution < -0.4 is 5.32 Å². The van der Waals surface area contributed by atoms with Crippen molar-refractivity contribution in [2.45, 2.75) is 31.7 Å². The quantitative estimate of drug-likeness (QED) is 0.918. The maximum Gasteiger partial charge on any atom is 0.231 e. The molecule has 2 aromatic rings. The maximum absolute atomic E-state index is 11.7. The highest BCUT2D eigenvalue weighted by Crippen LogP contribution is 2.31. The van der Waals surface area contributed by atoms with Crippen molar-refractivity contribution in [3.05, 3.63) is 46.6 Å². The summed E-state index contributed by atoms with van der Waals surface area (Å²) in [6, 6.07) is 7.55. The van der Waals surface area contributed by atoms with Gasteiger partial charge in [-0.2, -0.15) is 4.98 Å². The summed E-state index contributed by atoms with van der Waals surface area (Å²) in [6.45, 7) is 3.28. The molecule has 1 aromatic carbocycles. The second-order valence-electron chi connectivity index (χ2n) is 6.38. The van der Waals surface area contributed by atoms with Crippen LogP contribution in [0.15, 0.2) is 28.8 Å². The second kappa shape index (κ2) is 6.91. The van der Waals surface area contributed by atoms with Gasteiger partial charge in [-0.1, -0.05) is 28.9 Å². The zero-order valence-electron chi connectivity index (χ0n) is 13.9. The maximum atomic E-state index is 11.7. The van der Waals surface area contributed by atoms with Gasteiger partial charge in [0.15, 0.2) is 5.82 Å². The van der Waals surface area contributed by atoms with E-state index < -0.39 is 5.54 Å². The van der Waals surface area contributed by atoms with E-state index in [1.165, 1.54) is 6.92 Å². The first kappa shape index (κ1) is 16.9. The fourth-order valence-corrected chi connectivity index (χ4v) is 3.17. The van der Waals surface area contributed by atoms with Gasteiger partial charge in [-0.25, -0.2) is 0 Å². The molecule has 0 atom stereocenters. The van der Waals surface area contributed by atoms with Crippen molar-refractivity contribution in [3.8, 4) is 0 Å². The molecule has 0 bridgehead atoms. The molecule has 1 aliphatic heterocycles. The Bertz CT molecular complexity index is 706. The zero-order valence-corrected chi connectivity index (χ0v) is 14.6. The molecule has 1 amide bonds. The standard InChI is InChI=1S/C17H21ClN4O2/c1-12(23)20-17(7-9-22(2)10-8-17)16-19-15(24-21-16)11-13-3-5-14(18)6-4-13/h3-6H,7-11H2,1-2H3,(H,20,23). The van der Waals surface area contributed by atoms with E-state index in [0.717, 1.165) is 31.5 Å². The van der Waals surface area contributed by atoms with E-state index in [0.29, 0.717) is 23.2 Å². The average Bonchev–Trinajstić information content (AvgIpc) is 3.01. The van der Waals surface area contributed by atoms with Gasteiger partial charge in [0.2, 0.25) is 11.8 Å². The Morgan fingerprint density at radius 3 is 2.62 bits per heavy atom. The molecule has 0 radical (unpaired) electrons. The van der Waals surface area contributed by atoms with Gasteiger partial charge in [0, 0.05) is 25.0 Å². The van der Waals surface area contributed by atoms with Crippen LogP contribution in [0.5, 0.6) is 0 Å². The summed E-state index contributed by atoms with van der Waals surface area (Å²) in [5.41, 5.74) is 0.506. The Morgan fingerprint density at radius 2 is 2.00 bits per heavy atom. The van der Waals surface area contributed by atoms with E-state index in [1.807, 2.05) is 24.3 Å². The number of rotatable bonds is 4. The van der Waals surface area contributed by atoms with Crippen molar-refractivity contribution in [1.82, 2.24) is 20.4 Å². The molecular formula is C17H21ClN4O2. The number of halogens is 1. The van der Waals surface area contributed by atoms with E-state index in [4.69, 9.17) is 16.1 Å². The van der Waals surface area contributed by atoms with Gasteiger partial charge in [-0.3, -0.25) is 4.79 Å². The number of hydrogen-bond donors (Lipinski definition) is 1. The number of nitrogens with zero attached hydrogens (tertiary/aromatic N) is 3. The minimum Gasteiger partial charge on any atom is -0.343 e. The SMILES string of the molecule is CC(=O)NC1(c2noc(Cc3ccc(Cl)cc3)n2)CCN(C)CC1. The molecule has 0 saturated carbocycles. The molecule has 3 rings (SSSR count). The van der Waals surface area contributed by atoms with Crippen molar-refractivity contribution >= 4 is 17.5 Å². The molecule has 128 valence electrons. The van der Waals surface area contributed by atoms with Gasteiger partial charge in [0.1, 0.15) is 5.54 Å². The third-order valence-corrected chi connectivity index (χ3v) is 4.67. The molecule has 6 nitrogen and oxygen atoms in total. The minimum absolute atomic E-state index is 0.0800. The van der Waals surface area contributed by atoms with Crippen molar-refractivity contribution in [3.63, 3.8) is 0 Å². The normalized spacial score (nSPS) is 17.6. The molecule has 1 saturated heterocycles. The van der Waals surface area contributed by atoms with Crippen LogP contribution in [0.4, 0.5) is 0 Å². The molecule has 1 fully saturated rings. The summed E-state index contributed by atoms with van der Waals surface area (Å²) in [7, 11) is 2.07. The highest BCUT2D eigenvalue weighted by atomic mass is 35.5. The van der Waals surface area contributed by atoms with Gasteiger partial charge in [0.05, 0.1) is 6.42 Å². The molecule has 1 aliphatic rings. The van der Waals surface area contributed by atoms with E-state index >= 15 is 0 Å². The summed E-state index contributed by atoms with van der Waals surface area (Å²) in [4.78, 5) is 18.5. The summed E-state index contributed by atoms with van der Waals surface area (Å²) >= 11 is 5.90. The lowest BCUT2D eigenvalue weighted by Crippen LogP contribution is -2.52. The number of likely N-dealkylation sites (tertiary alicyclic amines) is 1. The van der Waals surface area contributed by atoms with Gasteiger partial charge in [-0.05, 0) is 37.6 Å². The fourth-order valence-electron chi connectivity index (χ4n) is 3.04. The molecular weight excluding hydrogens is 328 g/mol. The summed E-state index contributed by atoms with van der Waals surface area (Å²) < 4.78 is 5.43. The monoisotopic (exact) mass is 348 g/mol. The summed E-state index contributed by atoms with van der Waals surface area (Å²) in [6.07, 6.45) is 2.08. The van der Waals surface area contributed by atoms with E-state index in [2.05, 4.69) is 27.4 Å². The first-order chi connectivity index (χ1) is 11.5. The number of hydrogen-bond acceptors (Lipinski definition) is 5. The van der Waals surface area contributed by atoms with Gasteiger partial charge >= 0.3 is 0 Å². The molecule has 24 heavy (non-hydrogen) atoms. The van der Waals surface area contributed by atoms with E-state index in [9.17, 15) is 4.79 Å². The molecule has 1 aromatic heterocycles. The van der Waals surface area contributed by atoms with Crippen LogP contribution >= 0.6 is 11.6 Å². The predicted octanol–water partition coefficient (Wildman–Crippen LogP) is 2.37. The Hall–Kier alpha value is -1.92. The van der Waals surface area contributed by atoms with Crippen molar-refractivity contribution in [1.29, 1.82) is 0 Å². The van der Waals surface area contributed by atoms with Gasteiger partial charge in [0.25, 0.3) is 0 Å². The Morgan fingerprint density at radius 1 is 1.33 bits per heavy atom. The fraction of sp³-hybridized carbons (Fsp3) is 0.471. The van der Waals surface area contributed by atoms with Crippen molar-refractivity contribution in [2.24, 2.45) is 0 Å². The average molecular weight is 349 g/mol. The zero-order chi connectivity index (χ0) is 17.2. The largest absolute Gasteiger partial charge is 0.343 e. The molecule has 0 unspecified atom stereocenters. The molecule has 1 N–H and O–H groups in total. The Balaban J connectivity index is 1.80. The lowest BCUT2D eigenvalue weighted by atomic mass is 9.86. The predicted molar refractivity (Wildman–Crippen MR) is 90.8 cm³/mol. The Kier molecular flexibility index (Phi) is 4.87. The molecule has 2 heterocycles. The van der Waals surface area contributed by atoms with Crippen LogP contribution in [0.25, 0.3) is 0 Å². The highest BCUT2D eigenvalue weighted by molar-refractivity contribution is 6.30. The van der Waals surface area contributed by atoms with Crippen LogP contribution in [-0.2, 0) is 16.8 Å². The third-order valence-electron chi connectivity index (χ3n) is 4.42. The number of nitrogens with one attached hydrogen (secondary N) is 1. The first-order valence-corrected chi connectivity index (χ1v) is 8.39. The van der Waals surface area contributed by atoms with Gasteiger partial charge in [-0.15, -0.1) is 0 Å². The Labute approximate surface area is 146 Å². The topological polar surface area (TPSA) is 71.3 Å². The van der Waals surface area contributed by atoms with E-state index in [1.54, 1.807) is 0 Å². The highest BCUT2D eigenvalue weighted by Gasteiger charge is 2.40. The van der Waals surface area contributed by atoms with Gasteiger partial charge < -0.3 is 14.7 Å². The minimum atomic E-state index is -0.542. The first-order valence-electron chi connectivity index (χ1n) is 8.02. The summed E-state index contributed by atoms with van der Waals surface area (Å²) in [5, 5.41) is 7.90. The third kappa shape index (κ3) is 3.76. The van der Waals surface area contributed by atoms with Crippen LogP contribution in [0.2, 0.25) is 5.02 Å². The lowest BCUT2D eigenvalue weighted by Gasteiger charge is -2.38. The molecule has 7 heteroatoms. The van der Waals surface area contributed by atoms with Crippen LogP contribution in [-0.4, -0.2) is 41.1 Å². The molecule has 0 spiro atoms. The van der Waals surface area contributed by atoms with Crippen molar-refractivity contribution < 1.29 is 9.32 Å². The number of piperidine rings is 1. The van der Waals surface area contributed by atoms with Crippen molar-refractivity contribution in [2.75, 3.05) is 20.1 Å². The summed E-state index contributed by atoms with van der Waals surface area (Å²) in [5.74, 6) is 1.02. The number of aromatic nitrogens is 2. The number of amides is 1. The van der Waals surface area contributed by atoms with E-state index in [-0.39, 0.29) is 5.91 Å². The molecule has 0 aliphatic carbocycles. The number of benzene rings is 1. The van der Waals surface area contributed by atoms with Crippen LogP contribution in [0, 0.1) is 0 Å².